The average molecular weight is 311 g/mol. The molecule has 114 valence electrons. The number of nitrogens with two attached hydrogens (primary N) is 1. The number of rotatable bonds is 5. The molecule has 0 radical (unpaired) electrons. The van der Waals surface area contributed by atoms with Gasteiger partial charge in [0.25, 0.3) is 0 Å². The van der Waals surface area contributed by atoms with Gasteiger partial charge in [0.15, 0.2) is 0 Å². The molecular weight excluding hydrogens is 293 g/mol. The second-order valence-corrected chi connectivity index (χ2v) is 6.92. The topological polar surface area (TPSA) is 68.3 Å². The molecule has 1 aromatic heterocycles. The van der Waals surface area contributed by atoms with Crippen molar-refractivity contribution in [1.29, 1.82) is 0 Å². The first-order chi connectivity index (χ1) is 9.84. The Kier molecular flexibility index (Phi) is 4.46. The summed E-state index contributed by atoms with van der Waals surface area (Å²) < 4.78 is 41.0. The van der Waals surface area contributed by atoms with Crippen LogP contribution in [0.25, 0.3) is 0 Å². The highest BCUT2D eigenvalue weighted by Gasteiger charge is 2.23. The quantitative estimate of drug-likeness (QED) is 0.908. The zero-order valence-corrected chi connectivity index (χ0v) is 12.8. The largest absolute Gasteiger partial charge is 0.352 e. The summed E-state index contributed by atoms with van der Waals surface area (Å²) in [5, 5.41) is 0. The minimum atomic E-state index is -3.63. The van der Waals surface area contributed by atoms with Gasteiger partial charge in [-0.3, -0.25) is 0 Å². The summed E-state index contributed by atoms with van der Waals surface area (Å²) in [6, 6.07) is 7.44. The summed E-state index contributed by atoms with van der Waals surface area (Å²) in [6.45, 7) is 0.368. The molecule has 0 amide bonds. The Morgan fingerprint density at radius 3 is 2.62 bits per heavy atom. The first-order valence-corrected chi connectivity index (χ1v) is 7.84. The third-order valence-electron chi connectivity index (χ3n) is 3.29. The molecule has 0 saturated carbocycles. The normalized spacial score (nSPS) is 12.0. The van der Waals surface area contributed by atoms with E-state index in [0.29, 0.717) is 5.56 Å². The van der Waals surface area contributed by atoms with Crippen LogP contribution in [0.5, 0.6) is 0 Å². The lowest BCUT2D eigenvalue weighted by Gasteiger charge is -2.16. The molecule has 0 spiro atoms. The van der Waals surface area contributed by atoms with E-state index in [-0.39, 0.29) is 23.8 Å². The highest BCUT2D eigenvalue weighted by Crippen LogP contribution is 2.19. The van der Waals surface area contributed by atoms with Crippen LogP contribution in [-0.4, -0.2) is 24.3 Å². The zero-order valence-electron chi connectivity index (χ0n) is 12.0. The van der Waals surface area contributed by atoms with Gasteiger partial charge in [-0.2, -0.15) is 4.31 Å². The van der Waals surface area contributed by atoms with Gasteiger partial charge in [-0.05, 0) is 23.8 Å². The molecular formula is C14H18FN3O2S. The van der Waals surface area contributed by atoms with Gasteiger partial charge in [-0.15, -0.1) is 0 Å². The molecule has 1 aromatic carbocycles. The molecule has 2 N–H and O–H groups in total. The molecule has 0 aliphatic rings. The molecule has 21 heavy (non-hydrogen) atoms. The second-order valence-electron chi connectivity index (χ2n) is 4.87. The van der Waals surface area contributed by atoms with Gasteiger partial charge in [0, 0.05) is 39.1 Å². The minimum absolute atomic E-state index is 0.104. The fraction of sp³-hybridized carbons (Fsp3) is 0.286. The number of nitrogens with zero attached hydrogens (tertiary/aromatic N) is 2. The van der Waals surface area contributed by atoms with Crippen LogP contribution in [0, 0.1) is 5.82 Å². The number of sulfonamides is 1. The van der Waals surface area contributed by atoms with E-state index < -0.39 is 10.0 Å². The Morgan fingerprint density at radius 2 is 2.05 bits per heavy atom. The van der Waals surface area contributed by atoms with E-state index in [0.717, 1.165) is 5.69 Å². The van der Waals surface area contributed by atoms with E-state index in [1.54, 1.807) is 29.8 Å². The van der Waals surface area contributed by atoms with Crippen molar-refractivity contribution in [2.75, 3.05) is 7.05 Å². The first-order valence-electron chi connectivity index (χ1n) is 6.40. The van der Waals surface area contributed by atoms with E-state index in [1.807, 2.05) is 0 Å². The molecule has 2 rings (SSSR count). The van der Waals surface area contributed by atoms with Gasteiger partial charge < -0.3 is 10.3 Å². The van der Waals surface area contributed by atoms with Crippen molar-refractivity contribution in [3.8, 4) is 0 Å². The van der Waals surface area contributed by atoms with Crippen molar-refractivity contribution in [3.63, 3.8) is 0 Å². The Labute approximate surface area is 123 Å². The molecule has 0 aliphatic heterocycles. The van der Waals surface area contributed by atoms with Crippen LogP contribution in [-0.2, 0) is 30.2 Å². The Balaban J connectivity index is 2.26. The van der Waals surface area contributed by atoms with Gasteiger partial charge >= 0.3 is 0 Å². The maximum absolute atomic E-state index is 13.2. The number of halogens is 1. The van der Waals surface area contributed by atoms with Crippen LogP contribution < -0.4 is 5.73 Å². The molecule has 7 heteroatoms. The van der Waals surface area contributed by atoms with Crippen molar-refractivity contribution in [3.05, 3.63) is 53.6 Å². The average Bonchev–Trinajstić information content (AvgIpc) is 2.80. The van der Waals surface area contributed by atoms with Crippen molar-refractivity contribution >= 4 is 10.0 Å². The van der Waals surface area contributed by atoms with Crippen LogP contribution >= 0.6 is 0 Å². The smallest absolute Gasteiger partial charge is 0.244 e. The summed E-state index contributed by atoms with van der Waals surface area (Å²) in [5.74, 6) is -0.386. The summed E-state index contributed by atoms with van der Waals surface area (Å²) >= 11 is 0. The molecule has 5 nitrogen and oxygen atoms in total. The van der Waals surface area contributed by atoms with E-state index >= 15 is 0 Å². The fourth-order valence-corrected chi connectivity index (χ4v) is 3.33. The lowest BCUT2D eigenvalue weighted by molar-refractivity contribution is 0.465. The minimum Gasteiger partial charge on any atom is -0.352 e. The number of aryl methyl sites for hydroxylation is 1. The van der Waals surface area contributed by atoms with Crippen LogP contribution in [0.2, 0.25) is 0 Å². The fourth-order valence-electron chi connectivity index (χ4n) is 2.08. The standard InChI is InChI=1S/C14H18FN3O2S/c1-17-10-14(7-13(17)8-16)21(19,20)18(2)9-11-4-3-5-12(15)6-11/h3-7,10H,8-9,16H2,1-2H3. The van der Waals surface area contributed by atoms with Crippen molar-refractivity contribution in [1.82, 2.24) is 8.87 Å². The van der Waals surface area contributed by atoms with Crippen LogP contribution in [0.4, 0.5) is 4.39 Å². The van der Waals surface area contributed by atoms with Gasteiger partial charge in [0.05, 0.1) is 0 Å². The third kappa shape index (κ3) is 3.31. The Morgan fingerprint density at radius 1 is 1.33 bits per heavy atom. The monoisotopic (exact) mass is 311 g/mol. The van der Waals surface area contributed by atoms with Gasteiger partial charge in [0.1, 0.15) is 10.7 Å². The van der Waals surface area contributed by atoms with Crippen LogP contribution in [0.1, 0.15) is 11.3 Å². The summed E-state index contributed by atoms with van der Waals surface area (Å²) in [7, 11) is -0.416. The molecule has 0 unspecified atom stereocenters. The molecule has 0 bridgehead atoms. The summed E-state index contributed by atoms with van der Waals surface area (Å²) in [5.41, 5.74) is 6.88. The predicted molar refractivity (Wildman–Crippen MR) is 78.4 cm³/mol. The third-order valence-corrected chi connectivity index (χ3v) is 5.06. The van der Waals surface area contributed by atoms with Gasteiger partial charge in [0.2, 0.25) is 10.0 Å². The maximum atomic E-state index is 13.2. The number of hydrogen-bond donors (Lipinski definition) is 1. The SMILES string of the molecule is CN(Cc1cccc(F)c1)S(=O)(=O)c1cc(CN)n(C)c1. The highest BCUT2D eigenvalue weighted by atomic mass is 32.2. The lowest BCUT2D eigenvalue weighted by Crippen LogP contribution is -2.26. The maximum Gasteiger partial charge on any atom is 0.244 e. The molecule has 0 saturated heterocycles. The second kappa shape index (κ2) is 5.97. The van der Waals surface area contributed by atoms with Gasteiger partial charge in [-0.25, -0.2) is 12.8 Å². The number of hydrogen-bond acceptors (Lipinski definition) is 3. The number of benzene rings is 1. The summed E-state index contributed by atoms with van der Waals surface area (Å²) in [4.78, 5) is 0.185. The highest BCUT2D eigenvalue weighted by molar-refractivity contribution is 7.89. The molecule has 0 fully saturated rings. The first kappa shape index (κ1) is 15.7. The molecule has 2 aromatic rings. The van der Waals surface area contributed by atoms with Crippen molar-refractivity contribution in [2.24, 2.45) is 12.8 Å². The lowest BCUT2D eigenvalue weighted by atomic mass is 10.2. The molecule has 0 aliphatic carbocycles. The van der Waals surface area contributed by atoms with E-state index in [9.17, 15) is 12.8 Å². The molecule has 1 heterocycles. The Hall–Kier alpha value is -1.70. The van der Waals surface area contributed by atoms with Crippen molar-refractivity contribution in [2.45, 2.75) is 18.0 Å². The molecule has 0 atom stereocenters. The predicted octanol–water partition coefficient (Wildman–Crippen LogP) is 1.44. The zero-order chi connectivity index (χ0) is 15.6. The van der Waals surface area contributed by atoms with Gasteiger partial charge in [-0.1, -0.05) is 12.1 Å². The van der Waals surface area contributed by atoms with E-state index in [2.05, 4.69) is 0 Å². The van der Waals surface area contributed by atoms with E-state index in [4.69, 9.17) is 5.73 Å². The number of aromatic nitrogens is 1. The van der Waals surface area contributed by atoms with Crippen molar-refractivity contribution < 1.29 is 12.8 Å². The summed E-state index contributed by atoms with van der Waals surface area (Å²) in [6.07, 6.45) is 1.53. The Bertz CT molecular complexity index is 740. The van der Waals surface area contributed by atoms with E-state index in [1.165, 1.54) is 29.7 Å². The van der Waals surface area contributed by atoms with Crippen LogP contribution in [0.15, 0.2) is 41.4 Å². The van der Waals surface area contributed by atoms with Crippen LogP contribution in [0.3, 0.4) is 0 Å².